The maximum Gasteiger partial charge on any atom is 0.573 e. The number of ether oxygens (including phenoxy) is 2. The molecule has 1 radical (unpaired) electrons. The zero-order valence-corrected chi connectivity index (χ0v) is 7.71. The molecule has 83 valence electrons. The summed E-state index contributed by atoms with van der Waals surface area (Å²) in [5, 5.41) is 8.71. The first-order valence-corrected chi connectivity index (χ1v) is 3.88. The lowest BCUT2D eigenvalue weighted by atomic mass is 10.2. The molecule has 0 heterocycles. The van der Waals surface area contributed by atoms with Crippen molar-refractivity contribution in [1.82, 2.24) is 0 Å². The molecule has 0 unspecified atom stereocenters. The molecule has 0 aromatic heterocycles. The van der Waals surface area contributed by atoms with E-state index in [0.717, 1.165) is 0 Å². The molecule has 0 aliphatic rings. The number of hydrogen-bond acceptors (Lipinski definition) is 3. The van der Waals surface area contributed by atoms with E-state index in [1.165, 1.54) is 25.3 Å². The van der Waals surface area contributed by atoms with Crippen molar-refractivity contribution in [2.24, 2.45) is 0 Å². The van der Waals surface area contributed by atoms with E-state index in [-0.39, 0.29) is 11.3 Å². The lowest BCUT2D eigenvalue weighted by Gasteiger charge is -2.14. The SMILES string of the molecule is COc1cccc([CH]O)c1OC(F)(F)F. The van der Waals surface area contributed by atoms with Crippen LogP contribution >= 0.6 is 0 Å². The van der Waals surface area contributed by atoms with Crippen molar-refractivity contribution in [1.29, 1.82) is 0 Å². The largest absolute Gasteiger partial charge is 0.573 e. The Hall–Kier alpha value is -1.43. The molecule has 0 amide bonds. The van der Waals surface area contributed by atoms with Crippen LogP contribution < -0.4 is 9.47 Å². The standard InChI is InChI=1S/C9H8F3O3/c1-14-7-4-2-3-6(5-13)8(7)15-9(10,11)12/h2-5,13H,1H3. The Labute approximate surface area is 84.0 Å². The van der Waals surface area contributed by atoms with Gasteiger partial charge in [-0.1, -0.05) is 12.1 Å². The van der Waals surface area contributed by atoms with E-state index in [0.29, 0.717) is 6.61 Å². The summed E-state index contributed by atoms with van der Waals surface area (Å²) in [5.41, 5.74) is -0.105. The summed E-state index contributed by atoms with van der Waals surface area (Å²) in [4.78, 5) is 0. The molecule has 3 nitrogen and oxygen atoms in total. The Morgan fingerprint density at radius 3 is 2.47 bits per heavy atom. The van der Waals surface area contributed by atoms with Gasteiger partial charge in [-0.15, -0.1) is 13.2 Å². The molecule has 15 heavy (non-hydrogen) atoms. The summed E-state index contributed by atoms with van der Waals surface area (Å²) in [5.74, 6) is -0.662. The number of rotatable bonds is 3. The molecule has 1 rings (SSSR count). The van der Waals surface area contributed by atoms with Crippen LogP contribution in [0.15, 0.2) is 18.2 Å². The number of alkyl halides is 3. The monoisotopic (exact) mass is 221 g/mol. The van der Waals surface area contributed by atoms with Gasteiger partial charge in [0.05, 0.1) is 7.11 Å². The minimum atomic E-state index is -4.83. The van der Waals surface area contributed by atoms with Crippen LogP contribution in [0.3, 0.4) is 0 Å². The highest BCUT2D eigenvalue weighted by Gasteiger charge is 2.33. The van der Waals surface area contributed by atoms with Gasteiger partial charge in [-0.25, -0.2) is 0 Å². The van der Waals surface area contributed by atoms with Crippen LogP contribution in [0.1, 0.15) is 5.56 Å². The van der Waals surface area contributed by atoms with Crippen LogP contribution in [-0.4, -0.2) is 18.6 Å². The van der Waals surface area contributed by atoms with Crippen molar-refractivity contribution in [3.63, 3.8) is 0 Å². The van der Waals surface area contributed by atoms with E-state index in [1.54, 1.807) is 0 Å². The number of aliphatic hydroxyl groups is 1. The Kier molecular flexibility index (Phi) is 3.41. The molecule has 0 bridgehead atoms. The van der Waals surface area contributed by atoms with Gasteiger partial charge in [-0.05, 0) is 6.07 Å². The number of benzene rings is 1. The quantitative estimate of drug-likeness (QED) is 0.852. The zero-order chi connectivity index (χ0) is 11.5. The third-order valence-electron chi connectivity index (χ3n) is 1.59. The first-order valence-electron chi connectivity index (χ1n) is 3.88. The molecule has 0 saturated heterocycles. The Morgan fingerprint density at radius 2 is 2.00 bits per heavy atom. The topological polar surface area (TPSA) is 38.7 Å². The fourth-order valence-corrected chi connectivity index (χ4v) is 1.02. The van der Waals surface area contributed by atoms with Crippen molar-refractivity contribution >= 4 is 0 Å². The first-order chi connectivity index (χ1) is 6.98. The molecule has 0 aliphatic carbocycles. The predicted octanol–water partition coefficient (Wildman–Crippen LogP) is 2.48. The first kappa shape index (κ1) is 11.6. The number of aliphatic hydroxyl groups excluding tert-OH is 1. The molecular weight excluding hydrogens is 213 g/mol. The fourth-order valence-electron chi connectivity index (χ4n) is 1.02. The highest BCUT2D eigenvalue weighted by atomic mass is 19.4. The Morgan fingerprint density at radius 1 is 1.33 bits per heavy atom. The summed E-state index contributed by atoms with van der Waals surface area (Å²) < 4.78 is 44.4. The zero-order valence-electron chi connectivity index (χ0n) is 7.71. The minimum Gasteiger partial charge on any atom is -0.493 e. The average molecular weight is 221 g/mol. The van der Waals surface area contributed by atoms with Gasteiger partial charge < -0.3 is 14.6 Å². The maximum atomic E-state index is 12.0. The molecule has 0 saturated carbocycles. The van der Waals surface area contributed by atoms with E-state index in [4.69, 9.17) is 5.11 Å². The Balaban J connectivity index is 3.11. The lowest BCUT2D eigenvalue weighted by Crippen LogP contribution is -2.18. The molecule has 6 heteroatoms. The van der Waals surface area contributed by atoms with Gasteiger partial charge in [0.25, 0.3) is 0 Å². The average Bonchev–Trinajstić information content (AvgIpc) is 2.16. The molecule has 0 atom stereocenters. The van der Waals surface area contributed by atoms with Crippen LogP contribution in [0.2, 0.25) is 0 Å². The van der Waals surface area contributed by atoms with Gasteiger partial charge in [0, 0.05) is 5.56 Å². The summed E-state index contributed by atoms with van der Waals surface area (Å²) >= 11 is 0. The summed E-state index contributed by atoms with van der Waals surface area (Å²) in [6.07, 6.45) is -4.83. The Bertz CT molecular complexity index is 314. The van der Waals surface area contributed by atoms with E-state index in [2.05, 4.69) is 9.47 Å². The molecular formula is C9H8F3O3. The molecule has 0 fully saturated rings. The van der Waals surface area contributed by atoms with E-state index < -0.39 is 12.1 Å². The van der Waals surface area contributed by atoms with Crippen molar-refractivity contribution in [3.05, 3.63) is 30.4 Å². The van der Waals surface area contributed by atoms with Crippen LogP contribution in [0.25, 0.3) is 0 Å². The summed E-state index contributed by atoms with van der Waals surface area (Å²) in [6.45, 7) is 0.517. The van der Waals surface area contributed by atoms with Gasteiger partial charge >= 0.3 is 6.36 Å². The number of hydrogen-bond donors (Lipinski definition) is 1. The van der Waals surface area contributed by atoms with Crippen LogP contribution in [0, 0.1) is 6.61 Å². The summed E-state index contributed by atoms with van der Waals surface area (Å²) in [6, 6.07) is 4.00. The van der Waals surface area contributed by atoms with E-state index in [1.807, 2.05) is 0 Å². The van der Waals surface area contributed by atoms with Gasteiger partial charge in [0.2, 0.25) is 0 Å². The highest BCUT2D eigenvalue weighted by molar-refractivity contribution is 5.48. The van der Waals surface area contributed by atoms with Crippen molar-refractivity contribution in [2.75, 3.05) is 7.11 Å². The van der Waals surface area contributed by atoms with E-state index >= 15 is 0 Å². The molecule has 0 aliphatic heterocycles. The highest BCUT2D eigenvalue weighted by Crippen LogP contribution is 2.35. The molecule has 1 aromatic carbocycles. The predicted molar refractivity (Wildman–Crippen MR) is 45.0 cm³/mol. The van der Waals surface area contributed by atoms with Crippen molar-refractivity contribution in [3.8, 4) is 11.5 Å². The van der Waals surface area contributed by atoms with Gasteiger partial charge in [0.15, 0.2) is 11.5 Å². The second-order valence-corrected chi connectivity index (χ2v) is 2.56. The fraction of sp³-hybridized carbons (Fsp3) is 0.222. The second-order valence-electron chi connectivity index (χ2n) is 2.56. The third-order valence-corrected chi connectivity index (χ3v) is 1.59. The van der Waals surface area contributed by atoms with Crippen LogP contribution in [-0.2, 0) is 0 Å². The van der Waals surface area contributed by atoms with Crippen LogP contribution in [0.4, 0.5) is 13.2 Å². The number of methoxy groups -OCH3 is 1. The van der Waals surface area contributed by atoms with Gasteiger partial charge in [-0.3, -0.25) is 0 Å². The third kappa shape index (κ3) is 3.02. The molecule has 1 N–H and O–H groups in total. The normalized spacial score (nSPS) is 11.3. The van der Waals surface area contributed by atoms with E-state index in [9.17, 15) is 13.2 Å². The summed E-state index contributed by atoms with van der Waals surface area (Å²) in [7, 11) is 1.21. The number of halogens is 3. The molecule has 1 aromatic rings. The lowest BCUT2D eigenvalue weighted by molar-refractivity contribution is -0.275. The smallest absolute Gasteiger partial charge is 0.493 e. The van der Waals surface area contributed by atoms with Crippen molar-refractivity contribution in [2.45, 2.75) is 6.36 Å². The van der Waals surface area contributed by atoms with Crippen molar-refractivity contribution < 1.29 is 27.8 Å². The maximum absolute atomic E-state index is 12.0. The van der Waals surface area contributed by atoms with Gasteiger partial charge in [0.1, 0.15) is 6.61 Å². The van der Waals surface area contributed by atoms with Crippen LogP contribution in [0.5, 0.6) is 11.5 Å². The second kappa shape index (κ2) is 4.39. The minimum absolute atomic E-state index is 0.102. The molecule has 0 spiro atoms. The van der Waals surface area contributed by atoms with Gasteiger partial charge in [-0.2, -0.15) is 0 Å². The number of para-hydroxylation sites is 1.